The molecule has 0 fully saturated rings. The maximum atomic E-state index is 5.42. The second kappa shape index (κ2) is 3.06. The second-order valence-corrected chi connectivity index (χ2v) is 2.82. The van der Waals surface area contributed by atoms with Crippen molar-refractivity contribution >= 4 is 0 Å². The third kappa shape index (κ3) is 1.36. The van der Waals surface area contributed by atoms with E-state index in [0.29, 0.717) is 12.4 Å². The summed E-state index contributed by atoms with van der Waals surface area (Å²) in [5.74, 6) is 1.38. The van der Waals surface area contributed by atoms with Gasteiger partial charge < -0.3 is 15.1 Å². The zero-order valence-electron chi connectivity index (χ0n) is 7.37. The average molecular weight is 177 g/mol. The molecule has 4 heteroatoms. The summed E-state index contributed by atoms with van der Waals surface area (Å²) in [4.78, 5) is 7.23. The third-order valence-electron chi connectivity index (χ3n) is 1.89. The number of hydrogen-bond acceptors (Lipinski definition) is 3. The van der Waals surface area contributed by atoms with E-state index in [2.05, 4.69) is 9.97 Å². The third-order valence-corrected chi connectivity index (χ3v) is 1.89. The highest BCUT2D eigenvalue weighted by Gasteiger charge is 2.09. The highest BCUT2D eigenvalue weighted by molar-refractivity contribution is 5.59. The number of rotatable bonds is 2. The van der Waals surface area contributed by atoms with Crippen LogP contribution in [0.3, 0.4) is 0 Å². The van der Waals surface area contributed by atoms with E-state index in [9.17, 15) is 0 Å². The Bertz CT molecular complexity index is 389. The summed E-state index contributed by atoms with van der Waals surface area (Å²) >= 11 is 0. The average Bonchev–Trinajstić information content (AvgIpc) is 2.72. The first-order valence-electron chi connectivity index (χ1n) is 4.11. The minimum atomic E-state index is 0.339. The molecule has 0 bridgehead atoms. The first kappa shape index (κ1) is 8.07. The minimum absolute atomic E-state index is 0.339. The molecule has 2 aromatic heterocycles. The zero-order chi connectivity index (χ0) is 9.26. The number of nitrogens with zero attached hydrogens (tertiary/aromatic N) is 1. The molecule has 0 unspecified atom stereocenters. The van der Waals surface area contributed by atoms with Crippen LogP contribution >= 0.6 is 0 Å². The quantitative estimate of drug-likeness (QED) is 0.729. The van der Waals surface area contributed by atoms with E-state index in [1.807, 2.05) is 25.4 Å². The zero-order valence-corrected chi connectivity index (χ0v) is 7.37. The van der Waals surface area contributed by atoms with Gasteiger partial charge in [0.15, 0.2) is 0 Å². The first-order valence-corrected chi connectivity index (χ1v) is 4.11. The molecule has 0 aliphatic heterocycles. The Labute approximate surface area is 75.8 Å². The highest BCUT2D eigenvalue weighted by Crippen LogP contribution is 2.22. The van der Waals surface area contributed by atoms with Gasteiger partial charge in [-0.05, 0) is 13.0 Å². The lowest BCUT2D eigenvalue weighted by atomic mass is 10.2. The summed E-state index contributed by atoms with van der Waals surface area (Å²) in [6, 6.07) is 1.95. The second-order valence-electron chi connectivity index (χ2n) is 2.82. The number of hydrogen-bond donors (Lipinski definition) is 2. The van der Waals surface area contributed by atoms with Gasteiger partial charge in [-0.25, -0.2) is 4.98 Å². The summed E-state index contributed by atoms with van der Waals surface area (Å²) in [6.45, 7) is 2.22. The van der Waals surface area contributed by atoms with E-state index in [1.165, 1.54) is 0 Å². The number of H-pyrrole nitrogens is 1. The standard InChI is InChI=1S/C9H11N3O/c1-6-9(7-2-3-11-5-7)12-8(4-10)13-6/h2-3,5,11H,4,10H2,1H3. The summed E-state index contributed by atoms with van der Waals surface area (Å²) in [7, 11) is 0. The maximum Gasteiger partial charge on any atom is 0.208 e. The topological polar surface area (TPSA) is 67.8 Å². The lowest BCUT2D eigenvalue weighted by Crippen LogP contribution is -1.95. The number of oxazole rings is 1. The van der Waals surface area contributed by atoms with E-state index in [0.717, 1.165) is 17.0 Å². The molecule has 0 atom stereocenters. The fourth-order valence-electron chi connectivity index (χ4n) is 1.28. The molecule has 0 aliphatic rings. The highest BCUT2D eigenvalue weighted by atomic mass is 16.4. The van der Waals surface area contributed by atoms with Gasteiger partial charge in [-0.2, -0.15) is 0 Å². The maximum absolute atomic E-state index is 5.42. The van der Waals surface area contributed by atoms with Crippen LogP contribution in [0.15, 0.2) is 22.9 Å². The molecule has 0 saturated carbocycles. The predicted molar refractivity (Wildman–Crippen MR) is 48.9 cm³/mol. The number of nitrogens with one attached hydrogen (secondary N) is 1. The first-order chi connectivity index (χ1) is 6.31. The van der Waals surface area contributed by atoms with Crippen LogP contribution in [-0.4, -0.2) is 9.97 Å². The molecule has 0 saturated heterocycles. The summed E-state index contributed by atoms with van der Waals surface area (Å²) in [6.07, 6.45) is 3.73. The summed E-state index contributed by atoms with van der Waals surface area (Å²) in [5.41, 5.74) is 7.31. The Morgan fingerprint density at radius 3 is 3.00 bits per heavy atom. The number of aromatic amines is 1. The molecular formula is C9H11N3O. The van der Waals surface area contributed by atoms with Gasteiger partial charge in [-0.15, -0.1) is 0 Å². The van der Waals surface area contributed by atoms with Crippen LogP contribution in [0, 0.1) is 6.92 Å². The van der Waals surface area contributed by atoms with Crippen LogP contribution in [0.2, 0.25) is 0 Å². The Kier molecular flexibility index (Phi) is 1.90. The Hall–Kier alpha value is -1.55. The van der Waals surface area contributed by atoms with Crippen molar-refractivity contribution in [2.75, 3.05) is 0 Å². The lowest BCUT2D eigenvalue weighted by Gasteiger charge is -1.88. The monoisotopic (exact) mass is 177 g/mol. The van der Waals surface area contributed by atoms with Crippen molar-refractivity contribution in [2.24, 2.45) is 5.73 Å². The lowest BCUT2D eigenvalue weighted by molar-refractivity contribution is 0.474. The van der Waals surface area contributed by atoms with Crippen molar-refractivity contribution in [1.82, 2.24) is 9.97 Å². The molecule has 0 spiro atoms. The smallest absolute Gasteiger partial charge is 0.208 e. The summed E-state index contributed by atoms with van der Waals surface area (Å²) < 4.78 is 5.34. The van der Waals surface area contributed by atoms with Crippen LogP contribution in [0.4, 0.5) is 0 Å². The Morgan fingerprint density at radius 2 is 2.46 bits per heavy atom. The van der Waals surface area contributed by atoms with Crippen LogP contribution in [0.25, 0.3) is 11.3 Å². The minimum Gasteiger partial charge on any atom is -0.444 e. The number of aryl methyl sites for hydroxylation is 1. The number of aromatic nitrogens is 2. The van der Waals surface area contributed by atoms with Gasteiger partial charge in [0.25, 0.3) is 0 Å². The van der Waals surface area contributed by atoms with Crippen LogP contribution in [-0.2, 0) is 6.54 Å². The van der Waals surface area contributed by atoms with Gasteiger partial charge in [0.1, 0.15) is 11.5 Å². The van der Waals surface area contributed by atoms with Crippen LogP contribution in [0.5, 0.6) is 0 Å². The molecule has 4 nitrogen and oxygen atoms in total. The van der Waals surface area contributed by atoms with Gasteiger partial charge in [-0.1, -0.05) is 0 Å². The molecule has 13 heavy (non-hydrogen) atoms. The van der Waals surface area contributed by atoms with E-state index in [4.69, 9.17) is 10.2 Å². The van der Waals surface area contributed by atoms with Crippen LogP contribution < -0.4 is 5.73 Å². The van der Waals surface area contributed by atoms with E-state index >= 15 is 0 Å². The molecule has 0 amide bonds. The van der Waals surface area contributed by atoms with Gasteiger partial charge in [-0.3, -0.25) is 0 Å². The molecular weight excluding hydrogens is 166 g/mol. The van der Waals surface area contributed by atoms with Crippen molar-refractivity contribution in [3.8, 4) is 11.3 Å². The molecule has 0 aliphatic carbocycles. The molecule has 2 aromatic rings. The summed E-state index contributed by atoms with van der Waals surface area (Å²) in [5, 5.41) is 0. The van der Waals surface area contributed by atoms with Gasteiger partial charge in [0.05, 0.1) is 6.54 Å². The Balaban J connectivity index is 2.46. The van der Waals surface area contributed by atoms with Crippen LogP contribution in [0.1, 0.15) is 11.7 Å². The molecule has 2 rings (SSSR count). The van der Waals surface area contributed by atoms with E-state index in [-0.39, 0.29) is 0 Å². The fraction of sp³-hybridized carbons (Fsp3) is 0.222. The molecule has 68 valence electrons. The normalized spacial score (nSPS) is 10.6. The molecule has 0 radical (unpaired) electrons. The molecule has 2 heterocycles. The van der Waals surface area contributed by atoms with Gasteiger partial charge >= 0.3 is 0 Å². The van der Waals surface area contributed by atoms with Crippen molar-refractivity contribution in [3.63, 3.8) is 0 Å². The SMILES string of the molecule is Cc1oc(CN)nc1-c1cc[nH]c1. The molecule has 0 aromatic carbocycles. The predicted octanol–water partition coefficient (Wildman–Crippen LogP) is 1.44. The molecule has 3 N–H and O–H groups in total. The van der Waals surface area contributed by atoms with E-state index in [1.54, 1.807) is 0 Å². The fourth-order valence-corrected chi connectivity index (χ4v) is 1.28. The van der Waals surface area contributed by atoms with Crippen molar-refractivity contribution < 1.29 is 4.42 Å². The van der Waals surface area contributed by atoms with Crippen molar-refractivity contribution in [2.45, 2.75) is 13.5 Å². The number of nitrogens with two attached hydrogens (primary N) is 1. The van der Waals surface area contributed by atoms with Gasteiger partial charge in [0.2, 0.25) is 5.89 Å². The largest absolute Gasteiger partial charge is 0.444 e. The Morgan fingerprint density at radius 1 is 1.62 bits per heavy atom. The van der Waals surface area contributed by atoms with Crippen molar-refractivity contribution in [3.05, 3.63) is 30.1 Å². The van der Waals surface area contributed by atoms with Gasteiger partial charge in [0, 0.05) is 18.0 Å². The van der Waals surface area contributed by atoms with E-state index < -0.39 is 0 Å². The van der Waals surface area contributed by atoms with Crippen molar-refractivity contribution in [1.29, 1.82) is 0 Å².